The number of alkyl halides is 3. The molecular weight excluding hydrogens is 171 g/mol. The van der Waals surface area contributed by atoms with Crippen LogP contribution in [0.1, 0.15) is 6.92 Å². The molecule has 0 aromatic heterocycles. The summed E-state index contributed by atoms with van der Waals surface area (Å²) in [5.74, 6) is 0. The van der Waals surface area contributed by atoms with E-state index in [9.17, 15) is 13.2 Å². The molecule has 0 amide bonds. The van der Waals surface area contributed by atoms with E-state index in [0.717, 1.165) is 6.92 Å². The van der Waals surface area contributed by atoms with Gasteiger partial charge in [0.25, 0.3) is 0 Å². The molecule has 1 rings (SSSR count). The molecule has 0 aromatic rings. The molecule has 0 radical (unpaired) electrons. The van der Waals surface area contributed by atoms with Crippen molar-refractivity contribution >= 4 is 0 Å². The van der Waals surface area contributed by atoms with E-state index in [1.54, 1.807) is 11.9 Å². The third kappa shape index (κ3) is 1.72. The van der Waals surface area contributed by atoms with Gasteiger partial charge < -0.3 is 9.64 Å². The van der Waals surface area contributed by atoms with E-state index in [1.165, 1.54) is 0 Å². The van der Waals surface area contributed by atoms with Crippen molar-refractivity contribution in [3.8, 4) is 0 Å². The molecule has 1 heterocycles. The number of halogens is 3. The van der Waals surface area contributed by atoms with Gasteiger partial charge in [-0.15, -0.1) is 0 Å². The molecule has 1 fully saturated rings. The van der Waals surface area contributed by atoms with Crippen molar-refractivity contribution in [1.82, 2.24) is 4.90 Å². The Hall–Kier alpha value is -0.290. The molecular formula is C7H12F3NO. The van der Waals surface area contributed by atoms with Crippen molar-refractivity contribution in [2.24, 2.45) is 0 Å². The lowest BCUT2D eigenvalue weighted by molar-refractivity contribution is -0.287. The fraction of sp³-hybridized carbons (Fsp3) is 1.00. The third-order valence-corrected chi connectivity index (χ3v) is 2.06. The minimum absolute atomic E-state index is 0.0868. The maximum Gasteiger partial charge on any atom is 0.418 e. The lowest BCUT2D eigenvalue weighted by Gasteiger charge is -2.39. The summed E-state index contributed by atoms with van der Waals surface area (Å²) >= 11 is 0. The van der Waals surface area contributed by atoms with Gasteiger partial charge in [-0.25, -0.2) is 0 Å². The fourth-order valence-corrected chi connectivity index (χ4v) is 1.24. The minimum Gasteiger partial charge on any atom is -0.363 e. The van der Waals surface area contributed by atoms with E-state index >= 15 is 0 Å². The highest BCUT2D eigenvalue weighted by Gasteiger charge is 2.54. The van der Waals surface area contributed by atoms with Gasteiger partial charge in [0.2, 0.25) is 0 Å². The summed E-state index contributed by atoms with van der Waals surface area (Å²) in [6, 6.07) is 0. The highest BCUT2D eigenvalue weighted by molar-refractivity contribution is 4.89. The number of nitrogens with zero attached hydrogens (tertiary/aromatic N) is 1. The molecule has 0 saturated carbocycles. The van der Waals surface area contributed by atoms with Crippen LogP contribution in [0.15, 0.2) is 0 Å². The Bertz CT molecular complexity index is 171. The Morgan fingerprint density at radius 1 is 1.42 bits per heavy atom. The summed E-state index contributed by atoms with van der Waals surface area (Å²) in [4.78, 5) is 1.62. The highest BCUT2D eigenvalue weighted by Crippen LogP contribution is 2.35. The topological polar surface area (TPSA) is 12.5 Å². The molecule has 12 heavy (non-hydrogen) atoms. The van der Waals surface area contributed by atoms with Crippen LogP contribution >= 0.6 is 0 Å². The number of ether oxygens (including phenoxy) is 1. The Balaban J connectivity index is 2.70. The van der Waals surface area contributed by atoms with E-state index in [0.29, 0.717) is 6.54 Å². The van der Waals surface area contributed by atoms with Crippen molar-refractivity contribution in [2.75, 3.05) is 26.7 Å². The Labute approximate surface area is 69.3 Å². The summed E-state index contributed by atoms with van der Waals surface area (Å²) in [6.45, 7) is 1.71. The number of hydrogen-bond donors (Lipinski definition) is 0. The standard InChI is InChI=1S/C7H12F3NO/c1-6(7(8,9)10)5-11(2)3-4-12-6/h3-5H2,1-2H3. The molecule has 5 heteroatoms. The van der Waals surface area contributed by atoms with Gasteiger partial charge in [0.05, 0.1) is 6.61 Å². The minimum atomic E-state index is -4.28. The number of hydrogen-bond acceptors (Lipinski definition) is 2. The first-order valence-electron chi connectivity index (χ1n) is 3.74. The molecule has 2 nitrogen and oxygen atoms in total. The molecule has 0 spiro atoms. The number of morpholine rings is 1. The van der Waals surface area contributed by atoms with Gasteiger partial charge in [0, 0.05) is 13.1 Å². The van der Waals surface area contributed by atoms with Gasteiger partial charge >= 0.3 is 6.18 Å². The quantitative estimate of drug-likeness (QED) is 0.560. The third-order valence-electron chi connectivity index (χ3n) is 2.06. The van der Waals surface area contributed by atoms with E-state index in [-0.39, 0.29) is 13.2 Å². The molecule has 1 unspecified atom stereocenters. The van der Waals surface area contributed by atoms with Crippen molar-refractivity contribution in [1.29, 1.82) is 0 Å². The molecule has 1 aliphatic heterocycles. The Morgan fingerprint density at radius 2 is 2.00 bits per heavy atom. The predicted molar refractivity (Wildman–Crippen MR) is 37.9 cm³/mol. The van der Waals surface area contributed by atoms with Gasteiger partial charge in [-0.2, -0.15) is 13.2 Å². The largest absolute Gasteiger partial charge is 0.418 e. The predicted octanol–water partition coefficient (Wildman–Crippen LogP) is 1.27. The van der Waals surface area contributed by atoms with Gasteiger partial charge in [-0.1, -0.05) is 0 Å². The second-order valence-electron chi connectivity index (χ2n) is 3.31. The smallest absolute Gasteiger partial charge is 0.363 e. The average Bonchev–Trinajstić information content (AvgIpc) is 1.83. The summed E-state index contributed by atoms with van der Waals surface area (Å²) in [7, 11) is 1.66. The number of rotatable bonds is 0. The van der Waals surface area contributed by atoms with Crippen LogP contribution < -0.4 is 0 Å². The van der Waals surface area contributed by atoms with Crippen LogP contribution in [0.4, 0.5) is 13.2 Å². The van der Waals surface area contributed by atoms with Crippen LogP contribution in [0.25, 0.3) is 0 Å². The first-order chi connectivity index (χ1) is 5.35. The summed E-state index contributed by atoms with van der Waals surface area (Å²) < 4.78 is 41.8. The Kier molecular flexibility index (Phi) is 2.35. The number of likely N-dealkylation sites (N-methyl/N-ethyl adjacent to an activating group) is 1. The van der Waals surface area contributed by atoms with Crippen LogP contribution in [-0.4, -0.2) is 43.4 Å². The zero-order valence-electron chi connectivity index (χ0n) is 7.11. The molecule has 1 atom stereocenters. The molecule has 0 N–H and O–H groups in total. The van der Waals surface area contributed by atoms with Crippen LogP contribution in [-0.2, 0) is 4.74 Å². The molecule has 0 bridgehead atoms. The van der Waals surface area contributed by atoms with Crippen LogP contribution in [0.2, 0.25) is 0 Å². The second kappa shape index (κ2) is 2.88. The van der Waals surface area contributed by atoms with Gasteiger partial charge in [0.15, 0.2) is 5.60 Å². The van der Waals surface area contributed by atoms with Crippen molar-refractivity contribution in [2.45, 2.75) is 18.7 Å². The maximum atomic E-state index is 12.3. The second-order valence-corrected chi connectivity index (χ2v) is 3.31. The zero-order chi connectivity index (χ0) is 9.41. The normalized spacial score (nSPS) is 33.8. The molecule has 0 aliphatic carbocycles. The SMILES string of the molecule is CN1CCOC(C)(C(F)(F)F)C1. The van der Waals surface area contributed by atoms with Crippen molar-refractivity contribution in [3.05, 3.63) is 0 Å². The van der Waals surface area contributed by atoms with Crippen molar-refractivity contribution in [3.63, 3.8) is 0 Å². The lowest BCUT2D eigenvalue weighted by atomic mass is 10.0. The fourth-order valence-electron chi connectivity index (χ4n) is 1.24. The van der Waals surface area contributed by atoms with Gasteiger partial charge in [0.1, 0.15) is 0 Å². The van der Waals surface area contributed by atoms with E-state index in [2.05, 4.69) is 0 Å². The van der Waals surface area contributed by atoms with E-state index < -0.39 is 11.8 Å². The molecule has 1 aliphatic rings. The Morgan fingerprint density at radius 3 is 2.33 bits per heavy atom. The molecule has 1 saturated heterocycles. The highest BCUT2D eigenvalue weighted by atomic mass is 19.4. The van der Waals surface area contributed by atoms with Crippen LogP contribution in [0.3, 0.4) is 0 Å². The lowest BCUT2D eigenvalue weighted by Crippen LogP contribution is -2.57. The molecule has 72 valence electrons. The maximum absolute atomic E-state index is 12.3. The van der Waals surface area contributed by atoms with E-state index in [1.807, 2.05) is 0 Å². The van der Waals surface area contributed by atoms with Crippen molar-refractivity contribution < 1.29 is 17.9 Å². The van der Waals surface area contributed by atoms with E-state index in [4.69, 9.17) is 4.74 Å². The average molecular weight is 183 g/mol. The first-order valence-corrected chi connectivity index (χ1v) is 3.74. The van der Waals surface area contributed by atoms with Crippen LogP contribution in [0, 0.1) is 0 Å². The summed E-state index contributed by atoms with van der Waals surface area (Å²) in [6.07, 6.45) is -4.28. The van der Waals surface area contributed by atoms with Crippen LogP contribution in [0.5, 0.6) is 0 Å². The monoisotopic (exact) mass is 183 g/mol. The summed E-state index contributed by atoms with van der Waals surface area (Å²) in [5.41, 5.74) is -1.99. The zero-order valence-corrected chi connectivity index (χ0v) is 7.11. The molecule has 0 aromatic carbocycles. The van der Waals surface area contributed by atoms with Gasteiger partial charge in [-0.05, 0) is 14.0 Å². The first kappa shape index (κ1) is 9.80. The van der Waals surface area contributed by atoms with Gasteiger partial charge in [-0.3, -0.25) is 0 Å². The summed E-state index contributed by atoms with van der Waals surface area (Å²) in [5, 5.41) is 0.